The quantitative estimate of drug-likeness (QED) is 0.362. The number of nitrogens with two attached hydrogens (primary N) is 2. The zero-order valence-corrected chi connectivity index (χ0v) is 15.7. The summed E-state index contributed by atoms with van der Waals surface area (Å²) < 4.78 is 15.4. The monoisotopic (exact) mass is 385 g/mol. The molecule has 8 nitrogen and oxygen atoms in total. The van der Waals surface area contributed by atoms with E-state index in [2.05, 4.69) is 5.32 Å². The molecule has 5 N–H and O–H groups in total. The van der Waals surface area contributed by atoms with Gasteiger partial charge in [-0.1, -0.05) is 0 Å². The molecule has 0 unspecified atom stereocenters. The molecule has 0 bridgehead atoms. The second kappa shape index (κ2) is 9.86. The third-order valence-corrected chi connectivity index (χ3v) is 3.67. The molecule has 0 aliphatic rings. The summed E-state index contributed by atoms with van der Waals surface area (Å²) in [7, 11) is 3.08. The number of amides is 1. The van der Waals surface area contributed by atoms with Gasteiger partial charge in [0.15, 0.2) is 0 Å². The molecule has 2 aromatic carbocycles. The van der Waals surface area contributed by atoms with E-state index in [-0.39, 0.29) is 18.9 Å². The van der Waals surface area contributed by atoms with Gasteiger partial charge in [-0.15, -0.1) is 0 Å². The van der Waals surface area contributed by atoms with Gasteiger partial charge in [0.25, 0.3) is 0 Å². The first-order valence-corrected chi connectivity index (χ1v) is 8.44. The molecule has 2 aromatic rings. The van der Waals surface area contributed by atoms with Crippen LogP contribution < -0.4 is 26.3 Å². The number of hydrogen-bond donors (Lipinski definition) is 3. The minimum absolute atomic E-state index is 0.000140. The van der Waals surface area contributed by atoms with Gasteiger partial charge in [-0.05, 0) is 36.4 Å². The summed E-state index contributed by atoms with van der Waals surface area (Å²) >= 11 is 0. The van der Waals surface area contributed by atoms with Crippen LogP contribution in [0.3, 0.4) is 0 Å². The molecule has 0 heterocycles. The topological polar surface area (TPSA) is 126 Å². The number of carbonyl (C=O) groups excluding carboxylic acids is 2. The molecule has 0 aliphatic heterocycles. The molecule has 0 radical (unpaired) electrons. The summed E-state index contributed by atoms with van der Waals surface area (Å²) in [5.74, 6) is 0.311. The Kier molecular flexibility index (Phi) is 7.27. The Morgan fingerprint density at radius 1 is 1.04 bits per heavy atom. The summed E-state index contributed by atoms with van der Waals surface area (Å²) in [4.78, 5) is 23.7. The first kappa shape index (κ1) is 20.6. The molecule has 148 valence electrons. The van der Waals surface area contributed by atoms with E-state index in [4.69, 9.17) is 25.7 Å². The number of nitrogens with one attached hydrogen (secondary N) is 1. The second-order valence-electron chi connectivity index (χ2n) is 5.80. The lowest BCUT2D eigenvalue weighted by Crippen LogP contribution is -2.15. The number of benzene rings is 2. The maximum Gasteiger partial charge on any atom is 0.330 e. The van der Waals surface area contributed by atoms with E-state index in [1.807, 2.05) is 0 Å². The Labute approximate surface area is 163 Å². The smallest absolute Gasteiger partial charge is 0.330 e. The molecular formula is C20H23N3O5. The minimum Gasteiger partial charge on any atom is -0.497 e. The Morgan fingerprint density at radius 2 is 1.75 bits per heavy atom. The molecule has 0 aliphatic carbocycles. The van der Waals surface area contributed by atoms with Gasteiger partial charge >= 0.3 is 5.97 Å². The van der Waals surface area contributed by atoms with Crippen LogP contribution in [0.15, 0.2) is 42.5 Å². The van der Waals surface area contributed by atoms with E-state index in [1.54, 1.807) is 49.6 Å². The van der Waals surface area contributed by atoms with E-state index in [0.29, 0.717) is 34.1 Å². The summed E-state index contributed by atoms with van der Waals surface area (Å²) in [6.07, 6.45) is 2.83. The number of methoxy groups -OCH3 is 2. The first-order valence-electron chi connectivity index (χ1n) is 8.44. The fourth-order valence-electron chi connectivity index (χ4n) is 2.38. The molecule has 0 fully saturated rings. The van der Waals surface area contributed by atoms with Crippen molar-refractivity contribution in [2.75, 3.05) is 37.6 Å². The molecule has 0 aromatic heterocycles. The zero-order chi connectivity index (χ0) is 20.5. The Hall–Kier alpha value is -3.68. The van der Waals surface area contributed by atoms with Crippen LogP contribution in [0.1, 0.15) is 12.0 Å². The highest BCUT2D eigenvalue weighted by molar-refractivity contribution is 5.92. The SMILES string of the molecule is COc1ccc(/C=C/C(=O)OCCC(=O)Nc2cc(N)cc(N)c2)c(OC)c1. The highest BCUT2D eigenvalue weighted by Crippen LogP contribution is 2.25. The van der Waals surface area contributed by atoms with Gasteiger partial charge in [-0.3, -0.25) is 4.79 Å². The Bertz CT molecular complexity index is 860. The van der Waals surface area contributed by atoms with Crippen molar-refractivity contribution in [1.82, 2.24) is 0 Å². The van der Waals surface area contributed by atoms with Crippen LogP contribution in [0, 0.1) is 0 Å². The van der Waals surface area contributed by atoms with Gasteiger partial charge in [0.1, 0.15) is 18.1 Å². The van der Waals surface area contributed by atoms with Gasteiger partial charge in [-0.2, -0.15) is 0 Å². The van der Waals surface area contributed by atoms with Crippen LogP contribution in [0.5, 0.6) is 11.5 Å². The maximum atomic E-state index is 11.9. The van der Waals surface area contributed by atoms with E-state index in [1.165, 1.54) is 13.2 Å². The van der Waals surface area contributed by atoms with Crippen molar-refractivity contribution in [3.05, 3.63) is 48.0 Å². The Balaban J connectivity index is 1.82. The summed E-state index contributed by atoms with van der Waals surface area (Å²) in [5, 5.41) is 2.64. The highest BCUT2D eigenvalue weighted by Gasteiger charge is 2.07. The molecule has 2 rings (SSSR count). The van der Waals surface area contributed by atoms with Crippen LogP contribution in [0.2, 0.25) is 0 Å². The number of anilines is 3. The van der Waals surface area contributed by atoms with Gasteiger partial charge in [0.2, 0.25) is 5.91 Å². The summed E-state index contributed by atoms with van der Waals surface area (Å²) in [6, 6.07) is 9.98. The van der Waals surface area contributed by atoms with Gasteiger partial charge in [0.05, 0.1) is 20.6 Å². The lowest BCUT2D eigenvalue weighted by atomic mass is 10.2. The standard InChI is InChI=1S/C20H23N3O5/c1-26-17-5-3-13(18(12-17)27-2)4-6-20(25)28-8-7-19(24)23-16-10-14(21)9-15(22)11-16/h3-6,9-12H,7-8,21-22H2,1-2H3,(H,23,24)/b6-4+. The average Bonchev–Trinajstić information content (AvgIpc) is 2.65. The normalized spacial score (nSPS) is 10.5. The molecule has 1 amide bonds. The van der Waals surface area contributed by atoms with Gasteiger partial charge in [-0.25, -0.2) is 4.79 Å². The zero-order valence-electron chi connectivity index (χ0n) is 15.7. The van der Waals surface area contributed by atoms with Crippen molar-refractivity contribution in [3.8, 4) is 11.5 Å². The predicted octanol–water partition coefficient (Wildman–Crippen LogP) is 2.45. The first-order chi connectivity index (χ1) is 13.4. The molecule has 28 heavy (non-hydrogen) atoms. The van der Waals surface area contributed by atoms with Gasteiger partial charge in [0, 0.05) is 34.8 Å². The van der Waals surface area contributed by atoms with Crippen LogP contribution in [0.25, 0.3) is 6.08 Å². The molecule has 0 saturated heterocycles. The maximum absolute atomic E-state index is 11.9. The van der Waals surface area contributed by atoms with E-state index >= 15 is 0 Å². The highest BCUT2D eigenvalue weighted by atomic mass is 16.5. The summed E-state index contributed by atoms with van der Waals surface area (Å²) in [5.41, 5.74) is 13.4. The fraction of sp³-hybridized carbons (Fsp3) is 0.200. The largest absolute Gasteiger partial charge is 0.497 e. The number of carbonyl (C=O) groups is 2. The number of esters is 1. The van der Waals surface area contributed by atoms with Crippen molar-refractivity contribution in [2.24, 2.45) is 0 Å². The van der Waals surface area contributed by atoms with Crippen molar-refractivity contribution < 1.29 is 23.8 Å². The fourth-order valence-corrected chi connectivity index (χ4v) is 2.38. The lowest BCUT2D eigenvalue weighted by molar-refractivity contribution is -0.138. The lowest BCUT2D eigenvalue weighted by Gasteiger charge is -2.08. The predicted molar refractivity (Wildman–Crippen MR) is 108 cm³/mol. The number of rotatable bonds is 8. The third-order valence-electron chi connectivity index (χ3n) is 3.67. The van der Waals surface area contributed by atoms with E-state index in [9.17, 15) is 9.59 Å². The van der Waals surface area contributed by atoms with Crippen molar-refractivity contribution in [3.63, 3.8) is 0 Å². The average molecular weight is 385 g/mol. The third kappa shape index (κ3) is 6.24. The minimum atomic E-state index is -0.570. The van der Waals surface area contributed by atoms with E-state index in [0.717, 1.165) is 0 Å². The van der Waals surface area contributed by atoms with Gasteiger partial charge < -0.3 is 31.0 Å². The molecule has 0 saturated carbocycles. The number of nitrogen functional groups attached to an aromatic ring is 2. The van der Waals surface area contributed by atoms with Crippen LogP contribution in [-0.2, 0) is 14.3 Å². The van der Waals surface area contributed by atoms with Crippen molar-refractivity contribution >= 4 is 35.0 Å². The number of hydrogen-bond acceptors (Lipinski definition) is 7. The number of ether oxygens (including phenoxy) is 3. The van der Waals surface area contributed by atoms with Crippen LogP contribution >= 0.6 is 0 Å². The molecule has 0 spiro atoms. The summed E-state index contributed by atoms with van der Waals surface area (Å²) in [6.45, 7) is -0.0629. The van der Waals surface area contributed by atoms with Crippen molar-refractivity contribution in [1.29, 1.82) is 0 Å². The van der Waals surface area contributed by atoms with Crippen molar-refractivity contribution in [2.45, 2.75) is 6.42 Å². The molecule has 8 heteroatoms. The molecular weight excluding hydrogens is 362 g/mol. The Morgan fingerprint density at radius 3 is 2.39 bits per heavy atom. The van der Waals surface area contributed by atoms with Crippen LogP contribution in [-0.4, -0.2) is 32.7 Å². The second-order valence-corrected chi connectivity index (χ2v) is 5.80. The van der Waals surface area contributed by atoms with Crippen LogP contribution in [0.4, 0.5) is 17.1 Å². The van der Waals surface area contributed by atoms with E-state index < -0.39 is 5.97 Å². The molecule has 0 atom stereocenters.